The van der Waals surface area contributed by atoms with Crippen molar-refractivity contribution in [1.82, 2.24) is 0 Å². The maximum absolute atomic E-state index is 13.1. The quantitative estimate of drug-likeness (QED) is 0.755. The number of hydrogen-bond donors (Lipinski definition) is 1. The van der Waals surface area contributed by atoms with E-state index in [-0.39, 0.29) is 11.9 Å². The number of hydrogen-bond acceptors (Lipinski definition) is 2. The first-order valence-corrected chi connectivity index (χ1v) is 5.80. The smallest absolute Gasteiger partial charge is 0.123 e. The Bertz CT molecular complexity index is 326. The summed E-state index contributed by atoms with van der Waals surface area (Å²) in [5, 5.41) is 0. The fourth-order valence-electron chi connectivity index (χ4n) is 1.52. The first-order valence-electron chi connectivity index (χ1n) is 5.80. The van der Waals surface area contributed by atoms with E-state index in [1.54, 1.807) is 6.07 Å². The lowest BCUT2D eigenvalue weighted by molar-refractivity contribution is 0.305. The number of unbranched alkanes of at least 4 members (excludes halogenated alkanes) is 1. The van der Waals surface area contributed by atoms with Crippen LogP contribution in [0.1, 0.15) is 32.3 Å². The summed E-state index contributed by atoms with van der Waals surface area (Å²) in [5.41, 5.74) is 6.57. The van der Waals surface area contributed by atoms with Crippen LogP contribution in [0, 0.1) is 5.82 Å². The average Bonchev–Trinajstić information content (AvgIpc) is 2.20. The molecule has 1 aromatic rings. The second kappa shape index (κ2) is 6.48. The lowest BCUT2D eigenvalue weighted by Gasteiger charge is -2.13. The van der Waals surface area contributed by atoms with Gasteiger partial charge in [-0.3, -0.25) is 0 Å². The highest BCUT2D eigenvalue weighted by molar-refractivity contribution is 5.34. The maximum Gasteiger partial charge on any atom is 0.123 e. The molecule has 90 valence electrons. The van der Waals surface area contributed by atoms with Crippen LogP contribution in [0.3, 0.4) is 0 Å². The molecule has 2 N–H and O–H groups in total. The molecule has 0 spiro atoms. The molecule has 0 radical (unpaired) electrons. The van der Waals surface area contributed by atoms with E-state index in [2.05, 4.69) is 6.92 Å². The first kappa shape index (κ1) is 13.0. The van der Waals surface area contributed by atoms with E-state index >= 15 is 0 Å². The Kier molecular flexibility index (Phi) is 5.26. The maximum atomic E-state index is 13.1. The molecule has 1 aromatic carbocycles. The normalized spacial score (nSPS) is 12.5. The van der Waals surface area contributed by atoms with E-state index in [0.29, 0.717) is 13.0 Å². The summed E-state index contributed by atoms with van der Waals surface area (Å²) in [4.78, 5) is 0. The summed E-state index contributed by atoms with van der Waals surface area (Å²) in [6.07, 6.45) is 2.73. The zero-order valence-corrected chi connectivity index (χ0v) is 10.0. The topological polar surface area (TPSA) is 35.2 Å². The molecule has 1 atom stereocenters. The van der Waals surface area contributed by atoms with Gasteiger partial charge in [-0.25, -0.2) is 4.39 Å². The molecular formula is C13H20FNO. The van der Waals surface area contributed by atoms with Gasteiger partial charge < -0.3 is 10.5 Å². The summed E-state index contributed by atoms with van der Waals surface area (Å²) in [7, 11) is 0. The zero-order valence-electron chi connectivity index (χ0n) is 10.0. The Balaban J connectivity index is 2.72. The molecule has 1 rings (SSSR count). The van der Waals surface area contributed by atoms with Gasteiger partial charge in [0.1, 0.15) is 11.6 Å². The van der Waals surface area contributed by atoms with Gasteiger partial charge in [0.15, 0.2) is 0 Å². The molecule has 3 heteroatoms. The molecule has 0 aliphatic carbocycles. The van der Waals surface area contributed by atoms with Gasteiger partial charge in [-0.15, -0.1) is 0 Å². The van der Waals surface area contributed by atoms with Gasteiger partial charge >= 0.3 is 0 Å². The molecule has 0 saturated heterocycles. The average molecular weight is 225 g/mol. The van der Waals surface area contributed by atoms with Gasteiger partial charge in [0.05, 0.1) is 6.61 Å². The van der Waals surface area contributed by atoms with Crippen LogP contribution in [0.5, 0.6) is 5.75 Å². The minimum atomic E-state index is -0.238. The van der Waals surface area contributed by atoms with Gasteiger partial charge in [-0.05, 0) is 43.5 Å². The molecule has 0 fully saturated rings. The van der Waals surface area contributed by atoms with Crippen molar-refractivity contribution in [3.8, 4) is 5.75 Å². The number of rotatable bonds is 6. The van der Waals surface area contributed by atoms with E-state index in [1.165, 1.54) is 12.1 Å². The fraction of sp³-hybridized carbons (Fsp3) is 0.538. The number of ether oxygens (including phenoxy) is 1. The molecule has 2 nitrogen and oxygen atoms in total. The first-order chi connectivity index (χ1) is 7.63. The number of benzene rings is 1. The van der Waals surface area contributed by atoms with Crippen molar-refractivity contribution in [2.45, 2.75) is 39.2 Å². The molecule has 16 heavy (non-hydrogen) atoms. The standard InChI is InChI=1S/C13H20FNO/c1-3-4-7-16-13-6-5-12(14)9-11(13)8-10(2)15/h5-6,9-10H,3-4,7-8,15H2,1-2H3. The van der Waals surface area contributed by atoms with Crippen molar-refractivity contribution in [3.05, 3.63) is 29.6 Å². The predicted molar refractivity (Wildman–Crippen MR) is 64.2 cm³/mol. The summed E-state index contributed by atoms with van der Waals surface area (Å²) >= 11 is 0. The van der Waals surface area contributed by atoms with Gasteiger partial charge in [-0.2, -0.15) is 0 Å². The van der Waals surface area contributed by atoms with Crippen LogP contribution >= 0.6 is 0 Å². The van der Waals surface area contributed by atoms with Crippen molar-refractivity contribution in [1.29, 1.82) is 0 Å². The third kappa shape index (κ3) is 4.19. The lowest BCUT2D eigenvalue weighted by atomic mass is 10.1. The van der Waals surface area contributed by atoms with E-state index in [0.717, 1.165) is 24.2 Å². The largest absolute Gasteiger partial charge is 0.493 e. The van der Waals surface area contributed by atoms with Crippen LogP contribution in [-0.2, 0) is 6.42 Å². The van der Waals surface area contributed by atoms with Crippen molar-refractivity contribution in [2.24, 2.45) is 5.73 Å². The number of halogens is 1. The van der Waals surface area contributed by atoms with Crippen molar-refractivity contribution in [3.63, 3.8) is 0 Å². The Hall–Kier alpha value is -1.09. The third-order valence-corrected chi connectivity index (χ3v) is 2.32. The van der Waals surface area contributed by atoms with Crippen molar-refractivity contribution >= 4 is 0 Å². The zero-order chi connectivity index (χ0) is 12.0. The summed E-state index contributed by atoms with van der Waals surface area (Å²) in [6.45, 7) is 4.69. The molecular weight excluding hydrogens is 205 g/mol. The minimum absolute atomic E-state index is 0.00956. The SMILES string of the molecule is CCCCOc1ccc(F)cc1CC(C)N. The highest BCUT2D eigenvalue weighted by Gasteiger charge is 2.07. The lowest BCUT2D eigenvalue weighted by Crippen LogP contribution is -2.18. The highest BCUT2D eigenvalue weighted by atomic mass is 19.1. The van der Waals surface area contributed by atoms with Gasteiger partial charge in [0.25, 0.3) is 0 Å². The van der Waals surface area contributed by atoms with Gasteiger partial charge in [-0.1, -0.05) is 13.3 Å². The van der Waals surface area contributed by atoms with Gasteiger partial charge in [0, 0.05) is 6.04 Å². The molecule has 0 bridgehead atoms. The fourth-order valence-corrected chi connectivity index (χ4v) is 1.52. The van der Waals surface area contributed by atoms with Crippen LogP contribution in [0.4, 0.5) is 4.39 Å². The highest BCUT2D eigenvalue weighted by Crippen LogP contribution is 2.21. The van der Waals surface area contributed by atoms with Crippen LogP contribution in [-0.4, -0.2) is 12.6 Å². The molecule has 1 unspecified atom stereocenters. The second-order valence-electron chi connectivity index (χ2n) is 4.14. The summed E-state index contributed by atoms with van der Waals surface area (Å²) in [5.74, 6) is 0.519. The van der Waals surface area contributed by atoms with E-state index in [1.807, 2.05) is 6.92 Å². The predicted octanol–water partition coefficient (Wildman–Crippen LogP) is 2.89. The molecule has 0 aliphatic heterocycles. The molecule has 0 amide bonds. The van der Waals surface area contributed by atoms with Gasteiger partial charge in [0.2, 0.25) is 0 Å². The Labute approximate surface area is 96.6 Å². The molecule has 0 saturated carbocycles. The van der Waals surface area contributed by atoms with Crippen LogP contribution in [0.15, 0.2) is 18.2 Å². The summed E-state index contributed by atoms with van der Waals surface area (Å²) in [6, 6.07) is 4.62. The van der Waals surface area contributed by atoms with E-state index in [4.69, 9.17) is 10.5 Å². The van der Waals surface area contributed by atoms with Crippen molar-refractivity contribution < 1.29 is 9.13 Å². The van der Waals surface area contributed by atoms with Crippen LogP contribution in [0.2, 0.25) is 0 Å². The molecule has 0 aromatic heterocycles. The Morgan fingerprint density at radius 2 is 2.19 bits per heavy atom. The summed E-state index contributed by atoms with van der Waals surface area (Å²) < 4.78 is 18.7. The monoisotopic (exact) mass is 225 g/mol. The third-order valence-electron chi connectivity index (χ3n) is 2.32. The van der Waals surface area contributed by atoms with E-state index < -0.39 is 0 Å². The van der Waals surface area contributed by atoms with Crippen molar-refractivity contribution in [2.75, 3.05) is 6.61 Å². The van der Waals surface area contributed by atoms with Crippen LogP contribution in [0.25, 0.3) is 0 Å². The second-order valence-corrected chi connectivity index (χ2v) is 4.14. The molecule has 0 aliphatic rings. The van der Waals surface area contributed by atoms with E-state index in [9.17, 15) is 4.39 Å². The minimum Gasteiger partial charge on any atom is -0.493 e. The van der Waals surface area contributed by atoms with Crippen LogP contribution < -0.4 is 10.5 Å². The Morgan fingerprint density at radius 3 is 2.81 bits per heavy atom. The molecule has 0 heterocycles. The number of nitrogens with two attached hydrogens (primary N) is 1. The Morgan fingerprint density at radius 1 is 1.44 bits per heavy atom.